The third-order valence-corrected chi connectivity index (χ3v) is 6.06. The van der Waals surface area contributed by atoms with Crippen molar-refractivity contribution in [2.75, 3.05) is 31.6 Å². The van der Waals surface area contributed by atoms with E-state index in [4.69, 9.17) is 0 Å². The fourth-order valence-corrected chi connectivity index (χ4v) is 5.01. The fourth-order valence-electron chi connectivity index (χ4n) is 3.82. The molecule has 23 heavy (non-hydrogen) atoms. The van der Waals surface area contributed by atoms with Gasteiger partial charge in [-0.1, -0.05) is 30.0 Å². The molecule has 2 aromatic carbocycles. The summed E-state index contributed by atoms with van der Waals surface area (Å²) in [4.78, 5) is 7.82. The summed E-state index contributed by atoms with van der Waals surface area (Å²) in [5.41, 5.74) is 4.10. The number of piperidine rings is 1. The van der Waals surface area contributed by atoms with Gasteiger partial charge in [0.2, 0.25) is 0 Å². The van der Waals surface area contributed by atoms with Gasteiger partial charge >= 0.3 is 0 Å². The molecule has 0 spiro atoms. The average Bonchev–Trinajstić information content (AvgIpc) is 2.54. The summed E-state index contributed by atoms with van der Waals surface area (Å²) in [6.45, 7) is 5.77. The van der Waals surface area contributed by atoms with Gasteiger partial charge in [-0.05, 0) is 69.1 Å². The van der Waals surface area contributed by atoms with Gasteiger partial charge in [0.15, 0.2) is 0 Å². The number of benzene rings is 2. The van der Waals surface area contributed by atoms with Crippen LogP contribution in [0.3, 0.4) is 0 Å². The van der Waals surface area contributed by atoms with E-state index in [0.29, 0.717) is 0 Å². The van der Waals surface area contributed by atoms with E-state index in [1.165, 1.54) is 52.7 Å². The van der Waals surface area contributed by atoms with Crippen molar-refractivity contribution in [3.8, 4) is 0 Å². The molecule has 0 aromatic heterocycles. The zero-order valence-corrected chi connectivity index (χ0v) is 14.8. The van der Waals surface area contributed by atoms with Gasteiger partial charge in [-0.3, -0.25) is 0 Å². The minimum Gasteiger partial charge on any atom is -0.339 e. The molecule has 0 amide bonds. The van der Waals surface area contributed by atoms with Gasteiger partial charge in [0, 0.05) is 22.9 Å². The standard InChI is InChI=1S/C20H24N2S/c1-15-9-10-18-20(12-15)23-19-8-4-3-7-17(19)22(18)14-16-6-5-11-21(2)13-16/h3-4,7-10,12,16H,5-6,11,13-14H2,1-2H3. The molecule has 1 saturated heterocycles. The van der Waals surface area contributed by atoms with Crippen molar-refractivity contribution in [3.63, 3.8) is 0 Å². The van der Waals surface area contributed by atoms with Crippen LogP contribution in [0, 0.1) is 12.8 Å². The first-order valence-corrected chi connectivity index (χ1v) is 9.36. The highest BCUT2D eigenvalue weighted by Gasteiger charge is 2.27. The molecule has 1 atom stereocenters. The van der Waals surface area contributed by atoms with E-state index >= 15 is 0 Å². The third kappa shape index (κ3) is 3.00. The summed E-state index contributed by atoms with van der Waals surface area (Å²) in [6.07, 6.45) is 2.67. The summed E-state index contributed by atoms with van der Waals surface area (Å²) in [5.74, 6) is 0.749. The lowest BCUT2D eigenvalue weighted by atomic mass is 9.97. The van der Waals surface area contributed by atoms with Crippen LogP contribution >= 0.6 is 11.8 Å². The van der Waals surface area contributed by atoms with Crippen LogP contribution in [-0.2, 0) is 0 Å². The molecule has 1 fully saturated rings. The topological polar surface area (TPSA) is 6.48 Å². The van der Waals surface area contributed by atoms with E-state index in [-0.39, 0.29) is 0 Å². The minimum absolute atomic E-state index is 0.749. The van der Waals surface area contributed by atoms with Crippen molar-refractivity contribution >= 4 is 23.1 Å². The molecule has 2 nitrogen and oxygen atoms in total. The number of nitrogens with zero attached hydrogens (tertiary/aromatic N) is 2. The number of rotatable bonds is 2. The highest BCUT2D eigenvalue weighted by Crippen LogP contribution is 2.48. The second kappa shape index (κ2) is 6.21. The largest absolute Gasteiger partial charge is 0.339 e. The van der Waals surface area contributed by atoms with Crippen LogP contribution in [0.25, 0.3) is 0 Å². The predicted octanol–water partition coefficient (Wildman–Crippen LogP) is 4.94. The van der Waals surface area contributed by atoms with Gasteiger partial charge in [0.1, 0.15) is 0 Å². The lowest BCUT2D eigenvalue weighted by molar-refractivity contribution is 0.214. The molecule has 2 aromatic rings. The summed E-state index contributed by atoms with van der Waals surface area (Å²) >= 11 is 1.91. The van der Waals surface area contributed by atoms with Gasteiger partial charge in [-0.25, -0.2) is 0 Å². The second-order valence-electron chi connectivity index (χ2n) is 6.92. The smallest absolute Gasteiger partial charge is 0.0553 e. The average molecular weight is 324 g/mol. The highest BCUT2D eigenvalue weighted by molar-refractivity contribution is 7.99. The molecule has 0 radical (unpaired) electrons. The van der Waals surface area contributed by atoms with Crippen LogP contribution in [0.2, 0.25) is 0 Å². The number of aryl methyl sites for hydroxylation is 1. The molecule has 3 heteroatoms. The van der Waals surface area contributed by atoms with Crippen LogP contribution in [0.4, 0.5) is 11.4 Å². The number of likely N-dealkylation sites (tertiary alicyclic amines) is 1. The molecule has 4 rings (SSSR count). The van der Waals surface area contributed by atoms with Gasteiger partial charge < -0.3 is 9.80 Å². The Labute approximate surface area is 143 Å². The maximum absolute atomic E-state index is 2.56. The van der Waals surface area contributed by atoms with E-state index in [1.807, 2.05) is 11.8 Å². The highest BCUT2D eigenvalue weighted by atomic mass is 32.2. The van der Waals surface area contributed by atoms with Crippen LogP contribution in [0.5, 0.6) is 0 Å². The maximum atomic E-state index is 2.56. The van der Waals surface area contributed by atoms with Crippen LogP contribution in [-0.4, -0.2) is 31.6 Å². The fraction of sp³-hybridized carbons (Fsp3) is 0.400. The Balaban J connectivity index is 1.70. The quantitative estimate of drug-likeness (QED) is 0.772. The van der Waals surface area contributed by atoms with Crippen molar-refractivity contribution in [2.24, 2.45) is 5.92 Å². The monoisotopic (exact) mass is 324 g/mol. The van der Waals surface area contributed by atoms with E-state index in [0.717, 1.165) is 12.5 Å². The number of fused-ring (bicyclic) bond motifs is 2. The molecule has 0 saturated carbocycles. The molecule has 1 unspecified atom stereocenters. The first-order chi connectivity index (χ1) is 11.2. The van der Waals surface area contributed by atoms with E-state index in [2.05, 4.69) is 66.2 Å². The second-order valence-corrected chi connectivity index (χ2v) is 8.01. The Morgan fingerprint density at radius 2 is 1.91 bits per heavy atom. The van der Waals surface area contributed by atoms with Gasteiger partial charge in [0.25, 0.3) is 0 Å². The molecule has 120 valence electrons. The Hall–Kier alpha value is -1.45. The zero-order valence-electron chi connectivity index (χ0n) is 14.0. The molecular formula is C20H24N2S. The number of hydrogen-bond donors (Lipinski definition) is 0. The van der Waals surface area contributed by atoms with Crippen LogP contribution in [0.15, 0.2) is 52.3 Å². The molecule has 2 aliphatic heterocycles. The SMILES string of the molecule is Cc1ccc2c(c1)Sc1ccccc1N2CC1CCCN(C)C1. The number of anilines is 2. The van der Waals surface area contributed by atoms with E-state index < -0.39 is 0 Å². The summed E-state index contributed by atoms with van der Waals surface area (Å²) in [7, 11) is 2.25. The molecule has 0 bridgehead atoms. The van der Waals surface area contributed by atoms with Crippen molar-refractivity contribution in [2.45, 2.75) is 29.6 Å². The molecule has 0 aliphatic carbocycles. The van der Waals surface area contributed by atoms with Crippen molar-refractivity contribution in [3.05, 3.63) is 48.0 Å². The van der Waals surface area contributed by atoms with Crippen molar-refractivity contribution < 1.29 is 0 Å². The Morgan fingerprint density at radius 1 is 1.09 bits per heavy atom. The first-order valence-electron chi connectivity index (χ1n) is 8.54. The van der Waals surface area contributed by atoms with Crippen LogP contribution in [0.1, 0.15) is 18.4 Å². The number of hydrogen-bond acceptors (Lipinski definition) is 3. The lowest BCUT2D eigenvalue weighted by Crippen LogP contribution is -2.38. The number of para-hydroxylation sites is 1. The van der Waals surface area contributed by atoms with Crippen molar-refractivity contribution in [1.29, 1.82) is 0 Å². The predicted molar refractivity (Wildman–Crippen MR) is 99.0 cm³/mol. The zero-order chi connectivity index (χ0) is 15.8. The van der Waals surface area contributed by atoms with E-state index in [1.54, 1.807) is 0 Å². The normalized spacial score (nSPS) is 21.0. The first kappa shape index (κ1) is 15.1. The molecule has 2 aliphatic rings. The Morgan fingerprint density at radius 3 is 2.78 bits per heavy atom. The molecule has 2 heterocycles. The van der Waals surface area contributed by atoms with Crippen LogP contribution < -0.4 is 4.90 Å². The third-order valence-electron chi connectivity index (χ3n) is 4.94. The molecule has 0 N–H and O–H groups in total. The summed E-state index contributed by atoms with van der Waals surface area (Å²) in [6, 6.07) is 15.7. The Kier molecular flexibility index (Phi) is 4.08. The summed E-state index contributed by atoms with van der Waals surface area (Å²) in [5, 5.41) is 0. The maximum Gasteiger partial charge on any atom is 0.0553 e. The Bertz CT molecular complexity index is 713. The molecular weight excluding hydrogens is 300 g/mol. The van der Waals surface area contributed by atoms with Crippen molar-refractivity contribution in [1.82, 2.24) is 4.90 Å². The van der Waals surface area contributed by atoms with Gasteiger partial charge in [0.05, 0.1) is 11.4 Å². The van der Waals surface area contributed by atoms with E-state index in [9.17, 15) is 0 Å². The lowest BCUT2D eigenvalue weighted by Gasteiger charge is -2.38. The summed E-state index contributed by atoms with van der Waals surface area (Å²) < 4.78 is 0. The minimum atomic E-state index is 0.749. The van der Waals surface area contributed by atoms with Gasteiger partial charge in [-0.2, -0.15) is 0 Å². The van der Waals surface area contributed by atoms with Gasteiger partial charge in [-0.15, -0.1) is 0 Å².